The van der Waals surface area contributed by atoms with E-state index in [1.807, 2.05) is 26.0 Å². The highest BCUT2D eigenvalue weighted by atomic mass is 16.5. The van der Waals surface area contributed by atoms with E-state index in [2.05, 4.69) is 15.5 Å². The van der Waals surface area contributed by atoms with Crippen molar-refractivity contribution in [2.75, 3.05) is 6.61 Å². The molecule has 94 valence electrons. The Balaban J connectivity index is 2.86. The first kappa shape index (κ1) is 13.7. The fraction of sp³-hybridized carbons (Fsp3) is 0.455. The van der Waals surface area contributed by atoms with Crippen molar-refractivity contribution in [3.63, 3.8) is 0 Å². The van der Waals surface area contributed by atoms with E-state index < -0.39 is 0 Å². The van der Waals surface area contributed by atoms with Crippen LogP contribution in [-0.2, 0) is 4.74 Å². The van der Waals surface area contributed by atoms with Gasteiger partial charge in [0, 0.05) is 6.61 Å². The highest BCUT2D eigenvalue weighted by Crippen LogP contribution is 2.07. The van der Waals surface area contributed by atoms with Crippen LogP contribution in [0.4, 0.5) is 0 Å². The Morgan fingerprint density at radius 1 is 1.56 bits per heavy atom. The minimum atomic E-state index is -0.226. The number of aryl methyl sites for hydroxylation is 1. The molecule has 0 saturated heterocycles. The molecule has 7 nitrogen and oxygen atoms in total. The van der Waals surface area contributed by atoms with Gasteiger partial charge in [-0.15, -0.1) is 0 Å². The average Bonchev–Trinajstić information content (AvgIpc) is 2.66. The summed E-state index contributed by atoms with van der Waals surface area (Å²) in [6, 6.07) is 3.79. The number of nitrogens with one attached hydrogen (secondary N) is 1. The molecule has 1 aromatic rings. The Morgan fingerprint density at radius 3 is 2.83 bits per heavy atom. The summed E-state index contributed by atoms with van der Waals surface area (Å²) in [6.07, 6.45) is 1.17. The second-order valence-electron chi connectivity index (χ2n) is 3.42. The first-order valence-corrected chi connectivity index (χ1v) is 5.43. The van der Waals surface area contributed by atoms with Gasteiger partial charge in [0.1, 0.15) is 30.5 Å². The van der Waals surface area contributed by atoms with Crippen LogP contribution in [0.5, 0.6) is 0 Å². The number of nitrogens with zero attached hydrogens (tertiary/aromatic N) is 5. The van der Waals surface area contributed by atoms with Crippen molar-refractivity contribution in [1.82, 2.24) is 15.0 Å². The van der Waals surface area contributed by atoms with Gasteiger partial charge in [0.25, 0.3) is 0 Å². The molecule has 7 heteroatoms. The maximum absolute atomic E-state index is 8.97. The summed E-state index contributed by atoms with van der Waals surface area (Å²) in [5.41, 5.74) is 3.01. The second-order valence-corrected chi connectivity index (χ2v) is 3.42. The molecule has 0 saturated carbocycles. The summed E-state index contributed by atoms with van der Waals surface area (Å²) in [6.45, 7) is 5.97. The Kier molecular flexibility index (Phi) is 4.85. The van der Waals surface area contributed by atoms with Gasteiger partial charge in [-0.1, -0.05) is 0 Å². The molecule has 0 spiro atoms. The van der Waals surface area contributed by atoms with Crippen LogP contribution in [0.15, 0.2) is 5.10 Å². The van der Waals surface area contributed by atoms with E-state index >= 15 is 0 Å². The van der Waals surface area contributed by atoms with Crippen molar-refractivity contribution in [1.29, 1.82) is 10.5 Å². The van der Waals surface area contributed by atoms with Crippen molar-refractivity contribution in [2.45, 2.75) is 27.0 Å². The number of hydrazone groups is 1. The Labute approximate surface area is 105 Å². The van der Waals surface area contributed by atoms with Crippen molar-refractivity contribution in [3.05, 3.63) is 17.2 Å². The molecule has 0 radical (unpaired) electrons. The van der Waals surface area contributed by atoms with E-state index in [-0.39, 0.29) is 17.6 Å². The molecule has 1 rings (SSSR count). The fourth-order valence-electron chi connectivity index (χ4n) is 1.35. The third-order valence-electron chi connectivity index (χ3n) is 2.15. The summed E-state index contributed by atoms with van der Waals surface area (Å²) < 4.78 is 6.67. The van der Waals surface area contributed by atoms with Crippen molar-refractivity contribution < 1.29 is 4.74 Å². The number of imidazole rings is 1. The summed E-state index contributed by atoms with van der Waals surface area (Å²) in [4.78, 5) is 3.96. The highest BCUT2D eigenvalue weighted by Gasteiger charge is 2.12. The van der Waals surface area contributed by atoms with Gasteiger partial charge in [0.2, 0.25) is 0 Å². The topological polar surface area (TPSA) is 99.0 Å². The number of aromatic nitrogens is 2. The van der Waals surface area contributed by atoms with Gasteiger partial charge in [-0.25, -0.2) is 4.98 Å². The Bertz CT molecular complexity index is 519. The molecule has 0 amide bonds. The summed E-state index contributed by atoms with van der Waals surface area (Å²) >= 11 is 0. The van der Waals surface area contributed by atoms with Crippen LogP contribution in [0, 0.1) is 29.6 Å². The van der Waals surface area contributed by atoms with E-state index in [0.717, 1.165) is 0 Å². The number of ether oxygens (including phenoxy) is 1. The fourth-order valence-corrected chi connectivity index (χ4v) is 1.35. The number of rotatable bonds is 5. The van der Waals surface area contributed by atoms with Crippen LogP contribution in [0.2, 0.25) is 0 Å². The van der Waals surface area contributed by atoms with Gasteiger partial charge in [-0.2, -0.15) is 15.6 Å². The Morgan fingerprint density at radius 2 is 2.28 bits per heavy atom. The maximum Gasteiger partial charge on any atom is 0.177 e. The van der Waals surface area contributed by atoms with Crippen molar-refractivity contribution >= 4 is 6.34 Å². The molecule has 0 aliphatic heterocycles. The van der Waals surface area contributed by atoms with Gasteiger partial charge < -0.3 is 4.74 Å². The zero-order valence-corrected chi connectivity index (χ0v) is 10.5. The molecule has 1 atom stereocenters. The number of hydrogen-bond acceptors (Lipinski definition) is 6. The summed E-state index contributed by atoms with van der Waals surface area (Å²) in [7, 11) is 0. The zero-order valence-electron chi connectivity index (χ0n) is 10.5. The van der Waals surface area contributed by atoms with Gasteiger partial charge in [-0.05, 0) is 20.8 Å². The van der Waals surface area contributed by atoms with Gasteiger partial charge in [0.15, 0.2) is 11.4 Å². The third-order valence-corrected chi connectivity index (χ3v) is 2.15. The van der Waals surface area contributed by atoms with Crippen LogP contribution in [0.3, 0.4) is 0 Å². The predicted octanol–water partition coefficient (Wildman–Crippen LogP) is 0.698. The second kappa shape index (κ2) is 6.38. The molecule has 1 heterocycles. The molecule has 1 unspecified atom stereocenters. The molecule has 0 fully saturated rings. The van der Waals surface area contributed by atoms with Gasteiger partial charge in [0.05, 0.1) is 0 Å². The smallest absolute Gasteiger partial charge is 0.177 e. The first-order valence-electron chi connectivity index (χ1n) is 5.43. The summed E-state index contributed by atoms with van der Waals surface area (Å²) in [5.74, 6) is 0.526. The lowest BCUT2D eigenvalue weighted by atomic mass is 10.4. The monoisotopic (exact) mass is 246 g/mol. The van der Waals surface area contributed by atoms with Crippen LogP contribution >= 0.6 is 0 Å². The molecule has 0 aromatic carbocycles. The van der Waals surface area contributed by atoms with E-state index in [4.69, 9.17) is 15.3 Å². The van der Waals surface area contributed by atoms with Crippen LogP contribution < -0.4 is 5.43 Å². The van der Waals surface area contributed by atoms with Crippen LogP contribution in [0.25, 0.3) is 0 Å². The van der Waals surface area contributed by atoms with Crippen LogP contribution in [-0.4, -0.2) is 28.7 Å². The minimum absolute atomic E-state index is 0.0966. The quantitative estimate of drug-likeness (QED) is 0.357. The minimum Gasteiger partial charge on any atom is -0.358 e. The third kappa shape index (κ3) is 3.06. The van der Waals surface area contributed by atoms with E-state index in [1.165, 1.54) is 10.9 Å². The van der Waals surface area contributed by atoms with E-state index in [0.29, 0.717) is 12.4 Å². The molecule has 1 N–H and O–H groups in total. The predicted molar refractivity (Wildman–Crippen MR) is 64.5 cm³/mol. The molecular weight excluding hydrogens is 232 g/mol. The number of hydrogen-bond donors (Lipinski definition) is 1. The lowest BCUT2D eigenvalue weighted by molar-refractivity contribution is 0.0529. The Hall–Kier alpha value is -2.38. The van der Waals surface area contributed by atoms with Crippen LogP contribution in [0.1, 0.15) is 31.1 Å². The van der Waals surface area contributed by atoms with Crippen molar-refractivity contribution in [3.8, 4) is 12.1 Å². The average molecular weight is 246 g/mol. The van der Waals surface area contributed by atoms with E-state index in [1.54, 1.807) is 6.92 Å². The molecule has 0 bridgehead atoms. The molecular formula is C11H14N6O. The highest BCUT2D eigenvalue weighted by molar-refractivity contribution is 5.63. The molecule has 1 aromatic heterocycles. The van der Waals surface area contributed by atoms with E-state index in [9.17, 15) is 0 Å². The normalized spacial score (nSPS) is 12.1. The maximum atomic E-state index is 8.97. The molecule has 18 heavy (non-hydrogen) atoms. The molecule has 0 aliphatic carbocycles. The SMILES string of the molecule is CCOC(C)N/N=C/n1c(C)nc(C#N)c1C#N. The molecule has 0 aliphatic rings. The lowest BCUT2D eigenvalue weighted by Gasteiger charge is -2.10. The van der Waals surface area contributed by atoms with Gasteiger partial charge >= 0.3 is 0 Å². The van der Waals surface area contributed by atoms with Crippen molar-refractivity contribution in [2.24, 2.45) is 5.10 Å². The summed E-state index contributed by atoms with van der Waals surface area (Å²) in [5, 5.41) is 21.7. The standard InChI is InChI=1S/C11H14N6O/c1-4-18-9(3)16-14-7-17-8(2)15-10(5-12)11(17)6-13/h7,9,16H,4H2,1-3H3/b14-7+. The number of nitriles is 2. The van der Waals surface area contributed by atoms with Gasteiger partial charge in [-0.3, -0.25) is 9.99 Å². The lowest BCUT2D eigenvalue weighted by Crippen LogP contribution is -2.24. The zero-order chi connectivity index (χ0) is 13.5. The largest absolute Gasteiger partial charge is 0.358 e. The first-order chi connectivity index (χ1) is 8.63.